The topological polar surface area (TPSA) is 67.0 Å². The van der Waals surface area contributed by atoms with Crippen LogP contribution in [0.5, 0.6) is 5.75 Å². The van der Waals surface area contributed by atoms with E-state index in [4.69, 9.17) is 10.5 Å². The molecule has 0 unspecified atom stereocenters. The Bertz CT molecular complexity index is 939. The Morgan fingerprint density at radius 1 is 1.14 bits per heavy atom. The third-order valence-electron chi connectivity index (χ3n) is 4.83. The molecule has 4 rings (SSSR count). The predicted molar refractivity (Wildman–Crippen MR) is 127 cm³/mol. The standard InChI is InChI=1S/C20H23N5OS.HI/c1-26-18-5-4-16-12-15(2-3-17(16)13-18)14-23-19(21)24-7-9-25(10-8-24)20-22-6-11-27-20;/h2-6,11-13H,7-10,14H2,1H3,(H2,21,23);1H. The first-order valence-corrected chi connectivity index (χ1v) is 9.87. The van der Waals surface area contributed by atoms with Crippen LogP contribution in [0, 0.1) is 0 Å². The molecular formula is C20H24IN5OS. The number of anilines is 1. The van der Waals surface area contributed by atoms with Crippen molar-refractivity contribution in [3.63, 3.8) is 0 Å². The predicted octanol–water partition coefficient (Wildman–Crippen LogP) is 3.56. The van der Waals surface area contributed by atoms with Gasteiger partial charge in [-0.05, 0) is 34.5 Å². The van der Waals surface area contributed by atoms with E-state index >= 15 is 0 Å². The first-order chi connectivity index (χ1) is 13.2. The van der Waals surface area contributed by atoms with Gasteiger partial charge >= 0.3 is 0 Å². The van der Waals surface area contributed by atoms with Gasteiger partial charge in [0.1, 0.15) is 5.75 Å². The molecule has 2 aromatic carbocycles. The molecule has 3 aromatic rings. The van der Waals surface area contributed by atoms with Crippen molar-refractivity contribution in [1.82, 2.24) is 9.88 Å². The lowest BCUT2D eigenvalue weighted by molar-refractivity contribution is 0.380. The summed E-state index contributed by atoms with van der Waals surface area (Å²) >= 11 is 1.68. The molecule has 148 valence electrons. The third kappa shape index (κ3) is 4.67. The lowest BCUT2D eigenvalue weighted by atomic mass is 10.1. The number of guanidine groups is 1. The van der Waals surface area contributed by atoms with Gasteiger partial charge in [0.15, 0.2) is 11.1 Å². The molecule has 0 amide bonds. The molecule has 1 aromatic heterocycles. The number of thiazole rings is 1. The van der Waals surface area contributed by atoms with Gasteiger partial charge < -0.3 is 20.3 Å². The van der Waals surface area contributed by atoms with E-state index in [-0.39, 0.29) is 24.0 Å². The molecule has 0 saturated carbocycles. The number of piperazine rings is 1. The number of halogens is 1. The van der Waals surface area contributed by atoms with Crippen LogP contribution in [0.25, 0.3) is 10.8 Å². The van der Waals surface area contributed by atoms with Crippen LogP contribution >= 0.6 is 35.3 Å². The molecule has 28 heavy (non-hydrogen) atoms. The van der Waals surface area contributed by atoms with Gasteiger partial charge in [-0.15, -0.1) is 35.3 Å². The Balaban J connectivity index is 0.00000225. The second kappa shape index (κ2) is 9.42. The van der Waals surface area contributed by atoms with Gasteiger partial charge in [0, 0.05) is 37.8 Å². The third-order valence-corrected chi connectivity index (χ3v) is 5.66. The summed E-state index contributed by atoms with van der Waals surface area (Å²) in [7, 11) is 1.68. The van der Waals surface area contributed by atoms with E-state index < -0.39 is 0 Å². The van der Waals surface area contributed by atoms with Crippen molar-refractivity contribution in [2.24, 2.45) is 10.7 Å². The number of ether oxygens (including phenoxy) is 1. The summed E-state index contributed by atoms with van der Waals surface area (Å²) in [6.07, 6.45) is 1.85. The number of aliphatic imine (C=N–C) groups is 1. The zero-order valence-corrected chi connectivity index (χ0v) is 18.9. The highest BCUT2D eigenvalue weighted by Crippen LogP contribution is 2.22. The van der Waals surface area contributed by atoms with E-state index in [9.17, 15) is 0 Å². The van der Waals surface area contributed by atoms with E-state index in [1.807, 2.05) is 23.7 Å². The molecule has 1 aliphatic heterocycles. The fourth-order valence-corrected chi connectivity index (χ4v) is 3.97. The van der Waals surface area contributed by atoms with Crippen LogP contribution in [-0.4, -0.2) is 49.1 Å². The number of benzene rings is 2. The molecule has 0 atom stereocenters. The van der Waals surface area contributed by atoms with Crippen LogP contribution in [-0.2, 0) is 6.54 Å². The van der Waals surface area contributed by atoms with Gasteiger partial charge in [0.25, 0.3) is 0 Å². The first kappa shape index (κ1) is 20.7. The number of aromatic nitrogens is 1. The van der Waals surface area contributed by atoms with Crippen molar-refractivity contribution in [3.8, 4) is 5.75 Å². The fourth-order valence-electron chi connectivity index (χ4n) is 3.27. The van der Waals surface area contributed by atoms with Crippen molar-refractivity contribution in [1.29, 1.82) is 0 Å². The number of fused-ring (bicyclic) bond motifs is 1. The quantitative estimate of drug-likeness (QED) is 0.331. The normalized spacial score (nSPS) is 14.8. The van der Waals surface area contributed by atoms with Gasteiger partial charge in [-0.1, -0.05) is 18.2 Å². The molecule has 2 heterocycles. The maximum absolute atomic E-state index is 6.24. The van der Waals surface area contributed by atoms with Crippen molar-refractivity contribution in [3.05, 3.63) is 53.5 Å². The fraction of sp³-hybridized carbons (Fsp3) is 0.300. The lowest BCUT2D eigenvalue weighted by Crippen LogP contribution is -2.51. The zero-order valence-electron chi connectivity index (χ0n) is 15.7. The molecule has 1 fully saturated rings. The smallest absolute Gasteiger partial charge is 0.191 e. The minimum atomic E-state index is 0. The van der Waals surface area contributed by atoms with Gasteiger partial charge in [-0.2, -0.15) is 0 Å². The minimum Gasteiger partial charge on any atom is -0.497 e. The summed E-state index contributed by atoms with van der Waals surface area (Å²) in [4.78, 5) is 13.4. The van der Waals surface area contributed by atoms with Gasteiger partial charge in [0.2, 0.25) is 0 Å². The number of nitrogens with zero attached hydrogens (tertiary/aromatic N) is 4. The highest BCUT2D eigenvalue weighted by Gasteiger charge is 2.19. The Labute approximate surface area is 186 Å². The van der Waals surface area contributed by atoms with E-state index in [1.165, 1.54) is 5.39 Å². The lowest BCUT2D eigenvalue weighted by Gasteiger charge is -2.35. The van der Waals surface area contributed by atoms with Crippen molar-refractivity contribution < 1.29 is 4.74 Å². The van der Waals surface area contributed by atoms with Gasteiger partial charge in [-0.3, -0.25) is 0 Å². The van der Waals surface area contributed by atoms with Gasteiger partial charge in [-0.25, -0.2) is 9.98 Å². The summed E-state index contributed by atoms with van der Waals surface area (Å²) in [5, 5.41) is 5.43. The zero-order chi connectivity index (χ0) is 18.6. The molecule has 6 nitrogen and oxygen atoms in total. The van der Waals surface area contributed by atoms with E-state index in [2.05, 4.69) is 44.0 Å². The average Bonchev–Trinajstić information content (AvgIpc) is 3.26. The average molecular weight is 509 g/mol. The second-order valence-corrected chi connectivity index (χ2v) is 7.38. The molecule has 2 N–H and O–H groups in total. The molecule has 0 spiro atoms. The summed E-state index contributed by atoms with van der Waals surface area (Å²) in [5.74, 6) is 1.48. The summed E-state index contributed by atoms with van der Waals surface area (Å²) in [6.45, 7) is 4.16. The molecule has 1 aliphatic rings. The highest BCUT2D eigenvalue weighted by atomic mass is 127. The molecular weight excluding hydrogens is 485 g/mol. The summed E-state index contributed by atoms with van der Waals surface area (Å²) in [6, 6.07) is 12.4. The van der Waals surface area contributed by atoms with E-state index in [0.29, 0.717) is 12.5 Å². The van der Waals surface area contributed by atoms with Crippen molar-refractivity contribution >= 4 is 57.2 Å². The monoisotopic (exact) mass is 509 g/mol. The van der Waals surface area contributed by atoms with Crippen LogP contribution in [0.1, 0.15) is 5.56 Å². The van der Waals surface area contributed by atoms with Crippen LogP contribution in [0.15, 0.2) is 53.0 Å². The number of hydrogen-bond acceptors (Lipinski definition) is 5. The largest absolute Gasteiger partial charge is 0.497 e. The van der Waals surface area contributed by atoms with Crippen LogP contribution in [0.2, 0.25) is 0 Å². The maximum Gasteiger partial charge on any atom is 0.191 e. The minimum absolute atomic E-state index is 0. The maximum atomic E-state index is 6.24. The number of hydrogen-bond donors (Lipinski definition) is 1. The molecule has 0 bridgehead atoms. The number of nitrogens with two attached hydrogens (primary N) is 1. The van der Waals surface area contributed by atoms with Crippen molar-refractivity contribution in [2.75, 3.05) is 38.2 Å². The SMILES string of the molecule is COc1ccc2cc(CN=C(N)N3CCN(c4nccs4)CC3)ccc2c1.I. The first-order valence-electron chi connectivity index (χ1n) is 8.99. The Hall–Kier alpha value is -2.07. The van der Waals surface area contributed by atoms with Crippen LogP contribution in [0.4, 0.5) is 5.13 Å². The number of methoxy groups -OCH3 is 1. The number of rotatable bonds is 4. The Kier molecular flexibility index (Phi) is 6.95. The second-order valence-electron chi connectivity index (χ2n) is 6.51. The van der Waals surface area contributed by atoms with Gasteiger partial charge in [0.05, 0.1) is 13.7 Å². The molecule has 8 heteroatoms. The summed E-state index contributed by atoms with van der Waals surface area (Å²) in [5.41, 5.74) is 7.39. The summed E-state index contributed by atoms with van der Waals surface area (Å²) < 4.78 is 5.28. The van der Waals surface area contributed by atoms with E-state index in [0.717, 1.165) is 48.0 Å². The van der Waals surface area contributed by atoms with E-state index in [1.54, 1.807) is 18.4 Å². The molecule has 0 radical (unpaired) electrons. The van der Waals surface area contributed by atoms with Crippen LogP contribution in [0.3, 0.4) is 0 Å². The molecule has 1 saturated heterocycles. The highest BCUT2D eigenvalue weighted by molar-refractivity contribution is 14.0. The van der Waals surface area contributed by atoms with Crippen molar-refractivity contribution in [2.45, 2.75) is 6.54 Å². The molecule has 0 aliphatic carbocycles. The Morgan fingerprint density at radius 2 is 1.89 bits per heavy atom. The van der Waals surface area contributed by atoms with Crippen LogP contribution < -0.4 is 15.4 Å². The Morgan fingerprint density at radius 3 is 2.61 bits per heavy atom.